The van der Waals surface area contributed by atoms with Gasteiger partial charge in [0.05, 0.1) is 12.8 Å². The fourth-order valence-corrected chi connectivity index (χ4v) is 3.22. The van der Waals surface area contributed by atoms with E-state index in [1.54, 1.807) is 31.2 Å². The van der Waals surface area contributed by atoms with E-state index in [2.05, 4.69) is 15.5 Å². The summed E-state index contributed by atoms with van der Waals surface area (Å²) < 4.78 is 16.5. The average molecular weight is 479 g/mol. The minimum Gasteiger partial charge on any atom is -0.488 e. The summed E-state index contributed by atoms with van der Waals surface area (Å²) in [7, 11) is 1.53. The number of nitrogens with zero attached hydrogens (tertiary/aromatic N) is 3. The first kappa shape index (κ1) is 24.7. The Bertz CT molecular complexity index is 1220. The van der Waals surface area contributed by atoms with Crippen LogP contribution in [0.4, 0.5) is 0 Å². The van der Waals surface area contributed by atoms with Gasteiger partial charge in [0, 0.05) is 34.5 Å². The topological polar surface area (TPSA) is 106 Å². The highest BCUT2D eigenvalue weighted by Crippen LogP contribution is 2.22. The molecule has 0 aliphatic carbocycles. The lowest BCUT2D eigenvalue weighted by Crippen LogP contribution is -2.25. The van der Waals surface area contributed by atoms with Gasteiger partial charge < -0.3 is 14.2 Å². The molecule has 0 aliphatic heterocycles. The SMILES string of the molecule is COCc1cc(C)nc(OCC(=O)N/N=C\c2ccccc2OCc2ccccc2Cl)c1C#N. The molecule has 1 heterocycles. The van der Waals surface area contributed by atoms with Crippen LogP contribution in [0.15, 0.2) is 59.7 Å². The number of hydrogen-bond acceptors (Lipinski definition) is 7. The summed E-state index contributed by atoms with van der Waals surface area (Å²) in [5.41, 5.74) is 5.44. The van der Waals surface area contributed by atoms with E-state index in [0.29, 0.717) is 34.2 Å². The molecule has 2 aromatic carbocycles. The normalized spacial score (nSPS) is 10.6. The van der Waals surface area contributed by atoms with E-state index >= 15 is 0 Å². The molecule has 0 radical (unpaired) electrons. The molecule has 0 saturated heterocycles. The number of amides is 1. The Kier molecular flexibility index (Phi) is 8.97. The molecule has 0 atom stereocenters. The Morgan fingerprint density at radius 3 is 2.68 bits per heavy atom. The number of pyridine rings is 1. The maximum atomic E-state index is 12.2. The molecule has 1 aromatic heterocycles. The van der Waals surface area contributed by atoms with Gasteiger partial charge in [-0.2, -0.15) is 10.4 Å². The van der Waals surface area contributed by atoms with Gasteiger partial charge in [-0.1, -0.05) is 41.9 Å². The van der Waals surface area contributed by atoms with Crippen molar-refractivity contribution in [3.05, 3.63) is 87.6 Å². The van der Waals surface area contributed by atoms with Gasteiger partial charge >= 0.3 is 0 Å². The van der Waals surface area contributed by atoms with Crippen LogP contribution < -0.4 is 14.9 Å². The number of halogens is 1. The number of ether oxygens (including phenoxy) is 3. The Morgan fingerprint density at radius 2 is 1.91 bits per heavy atom. The second kappa shape index (κ2) is 12.3. The van der Waals surface area contributed by atoms with Gasteiger partial charge in [-0.3, -0.25) is 4.79 Å². The molecule has 3 aromatic rings. The lowest BCUT2D eigenvalue weighted by atomic mass is 10.1. The number of methoxy groups -OCH3 is 1. The van der Waals surface area contributed by atoms with Crippen molar-refractivity contribution in [2.75, 3.05) is 13.7 Å². The molecule has 1 amide bonds. The van der Waals surface area contributed by atoms with Gasteiger partial charge in [0.1, 0.15) is 24.0 Å². The third kappa shape index (κ3) is 6.78. The number of rotatable bonds is 10. The molecule has 0 fully saturated rings. The highest BCUT2D eigenvalue weighted by atomic mass is 35.5. The van der Waals surface area contributed by atoms with Crippen LogP contribution in [0.2, 0.25) is 5.02 Å². The minimum absolute atomic E-state index is 0.0759. The van der Waals surface area contributed by atoms with E-state index in [1.807, 2.05) is 36.4 Å². The Balaban J connectivity index is 1.59. The maximum Gasteiger partial charge on any atom is 0.278 e. The van der Waals surface area contributed by atoms with Gasteiger partial charge in [0.15, 0.2) is 6.61 Å². The fraction of sp³-hybridized carbons (Fsp3) is 0.200. The fourth-order valence-electron chi connectivity index (χ4n) is 3.03. The zero-order chi connectivity index (χ0) is 24.3. The summed E-state index contributed by atoms with van der Waals surface area (Å²) >= 11 is 6.18. The summed E-state index contributed by atoms with van der Waals surface area (Å²) in [5.74, 6) is 0.156. The Hall–Kier alpha value is -3.93. The molecule has 174 valence electrons. The van der Waals surface area contributed by atoms with Crippen molar-refractivity contribution in [3.63, 3.8) is 0 Å². The van der Waals surface area contributed by atoms with E-state index < -0.39 is 5.91 Å². The molecule has 9 heteroatoms. The van der Waals surface area contributed by atoms with Crippen molar-refractivity contribution in [1.82, 2.24) is 10.4 Å². The number of hydrazone groups is 1. The van der Waals surface area contributed by atoms with Crippen molar-refractivity contribution in [3.8, 4) is 17.7 Å². The molecule has 8 nitrogen and oxygen atoms in total. The van der Waals surface area contributed by atoms with Crippen LogP contribution in [0.5, 0.6) is 11.6 Å². The molecule has 3 rings (SSSR count). The molecule has 0 unspecified atom stereocenters. The lowest BCUT2D eigenvalue weighted by Gasteiger charge is -2.11. The van der Waals surface area contributed by atoms with Crippen molar-refractivity contribution < 1.29 is 19.0 Å². The van der Waals surface area contributed by atoms with Crippen LogP contribution in [0, 0.1) is 18.3 Å². The zero-order valence-corrected chi connectivity index (χ0v) is 19.5. The van der Waals surface area contributed by atoms with Gasteiger partial charge in [0.2, 0.25) is 5.88 Å². The molecule has 34 heavy (non-hydrogen) atoms. The minimum atomic E-state index is -0.508. The largest absolute Gasteiger partial charge is 0.488 e. The van der Waals surface area contributed by atoms with Crippen LogP contribution in [0.3, 0.4) is 0 Å². The van der Waals surface area contributed by atoms with Crippen molar-refractivity contribution in [1.29, 1.82) is 5.26 Å². The molecule has 0 bridgehead atoms. The number of carbonyl (C=O) groups excluding carboxylic acids is 1. The number of nitrogens with one attached hydrogen (secondary N) is 1. The quantitative estimate of drug-likeness (QED) is 0.346. The number of aryl methyl sites for hydroxylation is 1. The standard InChI is InChI=1S/C25H23ClN4O4/c1-17-11-20(14-32-2)21(12-27)25(29-17)34-16-24(31)30-28-13-18-7-4-6-10-23(18)33-15-19-8-3-5-9-22(19)26/h3-11,13H,14-16H2,1-2H3,(H,30,31)/b28-13-. The number of hydrogen-bond donors (Lipinski definition) is 1. The molecular weight excluding hydrogens is 456 g/mol. The molecule has 1 N–H and O–H groups in total. The third-order valence-electron chi connectivity index (χ3n) is 4.60. The van der Waals surface area contributed by atoms with Crippen molar-refractivity contribution in [2.24, 2.45) is 5.10 Å². The van der Waals surface area contributed by atoms with Crippen molar-refractivity contribution >= 4 is 23.7 Å². The summed E-state index contributed by atoms with van der Waals surface area (Å²) in [6.07, 6.45) is 1.47. The van der Waals surface area contributed by atoms with E-state index in [4.69, 9.17) is 25.8 Å². The zero-order valence-electron chi connectivity index (χ0n) is 18.7. The van der Waals surface area contributed by atoms with E-state index in [-0.39, 0.29) is 24.7 Å². The van der Waals surface area contributed by atoms with Gasteiger partial charge in [-0.05, 0) is 31.2 Å². The van der Waals surface area contributed by atoms with Crippen LogP contribution in [0.1, 0.15) is 27.9 Å². The van der Waals surface area contributed by atoms with Crippen molar-refractivity contribution in [2.45, 2.75) is 20.1 Å². The second-order valence-corrected chi connectivity index (χ2v) is 7.55. The van der Waals surface area contributed by atoms with Crippen LogP contribution in [0.25, 0.3) is 0 Å². The number of benzene rings is 2. The van der Waals surface area contributed by atoms with E-state index in [0.717, 1.165) is 5.56 Å². The first-order valence-electron chi connectivity index (χ1n) is 10.3. The summed E-state index contributed by atoms with van der Waals surface area (Å²) in [5, 5.41) is 14.0. The van der Waals surface area contributed by atoms with E-state index in [1.165, 1.54) is 13.3 Å². The van der Waals surface area contributed by atoms with Crippen LogP contribution >= 0.6 is 11.6 Å². The summed E-state index contributed by atoms with van der Waals surface area (Å²) in [6, 6.07) is 18.5. The molecular formula is C25H23ClN4O4. The molecule has 0 aliphatic rings. The molecule has 0 spiro atoms. The Morgan fingerprint density at radius 1 is 1.15 bits per heavy atom. The third-order valence-corrected chi connectivity index (χ3v) is 4.97. The first-order valence-corrected chi connectivity index (χ1v) is 10.7. The predicted molar refractivity (Wildman–Crippen MR) is 128 cm³/mol. The smallest absolute Gasteiger partial charge is 0.278 e. The summed E-state index contributed by atoms with van der Waals surface area (Å²) in [4.78, 5) is 16.4. The highest BCUT2D eigenvalue weighted by Gasteiger charge is 2.14. The van der Waals surface area contributed by atoms with Crippen LogP contribution in [-0.2, 0) is 22.7 Å². The van der Waals surface area contributed by atoms with Crippen LogP contribution in [-0.4, -0.2) is 30.8 Å². The predicted octanol–water partition coefficient (Wildman–Crippen LogP) is 4.17. The number of carbonyl (C=O) groups is 1. The van der Waals surface area contributed by atoms with Gasteiger partial charge in [-0.25, -0.2) is 10.4 Å². The van der Waals surface area contributed by atoms with E-state index in [9.17, 15) is 10.1 Å². The monoisotopic (exact) mass is 478 g/mol. The molecule has 0 saturated carbocycles. The highest BCUT2D eigenvalue weighted by molar-refractivity contribution is 6.31. The summed E-state index contributed by atoms with van der Waals surface area (Å²) in [6.45, 7) is 1.93. The number of aromatic nitrogens is 1. The first-order chi connectivity index (χ1) is 16.5. The average Bonchev–Trinajstić information content (AvgIpc) is 2.83. The van der Waals surface area contributed by atoms with Gasteiger partial charge in [-0.15, -0.1) is 0 Å². The Labute approximate surface area is 202 Å². The maximum absolute atomic E-state index is 12.2. The number of para-hydroxylation sites is 1. The lowest BCUT2D eigenvalue weighted by molar-refractivity contribution is -0.123. The number of nitriles is 1. The van der Waals surface area contributed by atoms with Gasteiger partial charge in [0.25, 0.3) is 5.91 Å². The second-order valence-electron chi connectivity index (χ2n) is 7.15.